The van der Waals surface area contributed by atoms with Crippen LogP contribution in [-0.4, -0.2) is 82.7 Å². The lowest BCUT2D eigenvalue weighted by Gasteiger charge is -2.35. The number of hydrogen-bond donors (Lipinski definition) is 2. The van der Waals surface area contributed by atoms with Crippen LogP contribution in [0.1, 0.15) is 10.4 Å². The fourth-order valence-corrected chi connectivity index (χ4v) is 6.10. The van der Waals surface area contributed by atoms with Gasteiger partial charge >= 0.3 is 0 Å². The molecule has 0 bridgehead atoms. The van der Waals surface area contributed by atoms with Crippen molar-refractivity contribution in [2.24, 2.45) is 0 Å². The summed E-state index contributed by atoms with van der Waals surface area (Å²) in [5, 5.41) is 9.59. The van der Waals surface area contributed by atoms with Gasteiger partial charge in [0.15, 0.2) is 5.82 Å². The maximum Gasteiger partial charge on any atom is 0.258 e. The Morgan fingerprint density at radius 1 is 1.02 bits per heavy atom. The molecular formula is C28H28F4N6O3S. The van der Waals surface area contributed by atoms with Crippen LogP contribution in [0.4, 0.5) is 34.8 Å². The number of halogens is 4. The number of likely N-dealkylation sites (N-methyl/N-ethyl adjacent to an activating group) is 1. The molecule has 1 aliphatic heterocycles. The molecule has 0 saturated carbocycles. The van der Waals surface area contributed by atoms with Gasteiger partial charge in [-0.15, -0.1) is 0 Å². The first-order valence-corrected chi connectivity index (χ1v) is 14.5. The molecule has 222 valence electrons. The van der Waals surface area contributed by atoms with Crippen molar-refractivity contribution in [2.75, 3.05) is 62.1 Å². The molecule has 1 fully saturated rings. The number of carbonyl (C=O) groups is 1. The Labute approximate surface area is 239 Å². The Bertz CT molecular complexity index is 1720. The van der Waals surface area contributed by atoms with Gasteiger partial charge in [-0.3, -0.25) is 9.89 Å². The van der Waals surface area contributed by atoms with Crippen LogP contribution >= 0.6 is 0 Å². The predicted molar refractivity (Wildman–Crippen MR) is 151 cm³/mol. The number of H-pyrrole nitrogens is 1. The van der Waals surface area contributed by atoms with E-state index in [4.69, 9.17) is 0 Å². The summed E-state index contributed by atoms with van der Waals surface area (Å²) in [5.41, 5.74) is 1.33. The molecule has 9 nitrogen and oxygen atoms in total. The molecule has 1 unspecified atom stereocenters. The molecular weight excluding hydrogens is 576 g/mol. The standard InChI is InChI=1S/C28H28F4N6O3S/c1-36-7-9-38(10-8-36)19-3-5-22(25(14-19)37(2)26(32)16-29)28(39)33-27-23-15-20(4-6-24(23)34-35-27)42(40,41)21-12-17(30)11-18(31)13-21/h3-6,11-15,26H,7-10,16H2,1-2H3,(H2,33,34,35,39). The quantitative estimate of drug-likeness (QED) is 0.228. The minimum Gasteiger partial charge on any atom is -0.369 e. The van der Waals surface area contributed by atoms with Gasteiger partial charge in [-0.25, -0.2) is 26.0 Å². The summed E-state index contributed by atoms with van der Waals surface area (Å²) in [6.07, 6.45) is -1.99. The second-order valence-corrected chi connectivity index (χ2v) is 12.0. The predicted octanol–water partition coefficient (Wildman–Crippen LogP) is 4.38. The van der Waals surface area contributed by atoms with E-state index in [-0.39, 0.29) is 27.4 Å². The van der Waals surface area contributed by atoms with Gasteiger partial charge in [0.05, 0.1) is 26.6 Å². The summed E-state index contributed by atoms with van der Waals surface area (Å²) in [6, 6.07) is 10.7. The molecule has 1 aliphatic rings. The van der Waals surface area contributed by atoms with Crippen LogP contribution in [-0.2, 0) is 9.84 Å². The Balaban J connectivity index is 1.48. The number of nitrogens with zero attached hydrogens (tertiary/aromatic N) is 4. The number of alkyl halides is 2. The molecule has 2 heterocycles. The lowest BCUT2D eigenvalue weighted by Crippen LogP contribution is -2.44. The van der Waals surface area contributed by atoms with Crippen LogP contribution in [0.5, 0.6) is 0 Å². The molecule has 1 amide bonds. The molecule has 2 N–H and O–H groups in total. The summed E-state index contributed by atoms with van der Waals surface area (Å²) < 4.78 is 81.5. The molecule has 3 aromatic carbocycles. The number of nitrogens with one attached hydrogen (secondary N) is 2. The summed E-state index contributed by atoms with van der Waals surface area (Å²) in [7, 11) is -0.967. The molecule has 0 spiro atoms. The number of fused-ring (bicyclic) bond motifs is 1. The number of aromatic nitrogens is 2. The van der Waals surface area contributed by atoms with Crippen LogP contribution in [0.3, 0.4) is 0 Å². The van der Waals surface area contributed by atoms with Gasteiger partial charge in [0, 0.05) is 50.4 Å². The van der Waals surface area contributed by atoms with Crippen LogP contribution in [0.25, 0.3) is 10.9 Å². The minimum atomic E-state index is -4.33. The third-order valence-electron chi connectivity index (χ3n) is 7.24. The van der Waals surface area contributed by atoms with E-state index in [0.29, 0.717) is 23.7 Å². The van der Waals surface area contributed by atoms with Gasteiger partial charge in [-0.05, 0) is 55.6 Å². The van der Waals surface area contributed by atoms with Crippen LogP contribution in [0.2, 0.25) is 0 Å². The van der Waals surface area contributed by atoms with Crippen LogP contribution < -0.4 is 15.1 Å². The Morgan fingerprint density at radius 3 is 2.38 bits per heavy atom. The number of hydrogen-bond acceptors (Lipinski definition) is 7. The number of carbonyl (C=O) groups excluding carboxylic acids is 1. The maximum absolute atomic E-state index is 14.5. The highest BCUT2D eigenvalue weighted by Crippen LogP contribution is 2.32. The maximum atomic E-state index is 14.5. The number of benzene rings is 3. The molecule has 1 atom stereocenters. The van der Waals surface area contributed by atoms with E-state index in [9.17, 15) is 30.8 Å². The summed E-state index contributed by atoms with van der Waals surface area (Å²) >= 11 is 0. The average Bonchev–Trinajstić information content (AvgIpc) is 3.37. The van der Waals surface area contributed by atoms with Gasteiger partial charge in [-0.2, -0.15) is 5.10 Å². The first-order valence-electron chi connectivity index (χ1n) is 13.0. The average molecular weight is 605 g/mol. The van der Waals surface area contributed by atoms with Gasteiger partial charge < -0.3 is 20.0 Å². The second kappa shape index (κ2) is 11.6. The molecule has 5 rings (SSSR count). The van der Waals surface area contributed by atoms with E-state index < -0.39 is 45.2 Å². The SMILES string of the molecule is CN1CCN(c2ccc(C(=O)Nc3n[nH]c4ccc(S(=O)(=O)c5cc(F)cc(F)c5)cc34)c(N(C)C(F)CF)c2)CC1. The first-order chi connectivity index (χ1) is 20.0. The molecule has 1 aromatic heterocycles. The van der Waals surface area contributed by atoms with Crippen molar-refractivity contribution in [1.29, 1.82) is 0 Å². The van der Waals surface area contributed by atoms with E-state index in [1.165, 1.54) is 31.3 Å². The largest absolute Gasteiger partial charge is 0.369 e. The third-order valence-corrected chi connectivity index (χ3v) is 8.98. The molecule has 0 radical (unpaired) electrons. The van der Waals surface area contributed by atoms with Gasteiger partial charge in [-0.1, -0.05) is 0 Å². The van der Waals surface area contributed by atoms with Crippen LogP contribution in [0.15, 0.2) is 64.4 Å². The van der Waals surface area contributed by atoms with E-state index in [2.05, 4.69) is 25.3 Å². The molecule has 14 heteroatoms. The van der Waals surface area contributed by atoms with Gasteiger partial charge in [0.2, 0.25) is 16.1 Å². The van der Waals surface area contributed by atoms with E-state index >= 15 is 0 Å². The zero-order chi connectivity index (χ0) is 30.2. The first kappa shape index (κ1) is 29.3. The lowest BCUT2D eigenvalue weighted by atomic mass is 10.1. The van der Waals surface area contributed by atoms with Crippen molar-refractivity contribution in [3.63, 3.8) is 0 Å². The van der Waals surface area contributed by atoms with E-state index in [1.807, 2.05) is 7.05 Å². The van der Waals surface area contributed by atoms with Crippen molar-refractivity contribution in [3.05, 3.63) is 71.8 Å². The Hall–Kier alpha value is -4.17. The van der Waals surface area contributed by atoms with E-state index in [1.54, 1.807) is 12.1 Å². The van der Waals surface area contributed by atoms with Gasteiger partial charge in [0.25, 0.3) is 5.91 Å². The normalized spacial score (nSPS) is 15.1. The highest BCUT2D eigenvalue weighted by molar-refractivity contribution is 7.91. The highest BCUT2D eigenvalue weighted by atomic mass is 32.2. The number of amides is 1. The summed E-state index contributed by atoms with van der Waals surface area (Å²) in [4.78, 5) is 17.9. The van der Waals surface area contributed by atoms with Crippen molar-refractivity contribution >= 4 is 43.8 Å². The topological polar surface area (TPSA) is 102 Å². The van der Waals surface area contributed by atoms with Crippen LogP contribution in [0, 0.1) is 11.6 Å². The number of piperazine rings is 1. The molecule has 1 saturated heterocycles. The fraction of sp³-hybridized carbons (Fsp3) is 0.286. The smallest absolute Gasteiger partial charge is 0.258 e. The molecule has 4 aromatic rings. The van der Waals surface area contributed by atoms with E-state index in [0.717, 1.165) is 36.8 Å². The number of anilines is 3. The summed E-state index contributed by atoms with van der Waals surface area (Å²) in [5.74, 6) is -2.82. The zero-order valence-electron chi connectivity index (χ0n) is 22.7. The highest BCUT2D eigenvalue weighted by Gasteiger charge is 2.25. The summed E-state index contributed by atoms with van der Waals surface area (Å²) in [6.45, 7) is 1.80. The number of aromatic amines is 1. The number of rotatable bonds is 8. The number of sulfone groups is 1. The minimum absolute atomic E-state index is 0.0310. The lowest BCUT2D eigenvalue weighted by molar-refractivity contribution is 0.102. The second-order valence-electron chi connectivity index (χ2n) is 10.0. The van der Waals surface area contributed by atoms with Gasteiger partial charge in [0.1, 0.15) is 18.3 Å². The van der Waals surface area contributed by atoms with Crippen molar-refractivity contribution in [1.82, 2.24) is 15.1 Å². The zero-order valence-corrected chi connectivity index (χ0v) is 23.6. The fourth-order valence-electron chi connectivity index (χ4n) is 4.77. The van der Waals surface area contributed by atoms with Crippen molar-refractivity contribution in [3.8, 4) is 0 Å². The molecule has 42 heavy (non-hydrogen) atoms. The third kappa shape index (κ3) is 5.77. The monoisotopic (exact) mass is 604 g/mol. The molecule has 0 aliphatic carbocycles. The Kier molecular flexibility index (Phi) is 8.10. The van der Waals surface area contributed by atoms with Crippen molar-refractivity contribution < 1.29 is 30.8 Å². The Morgan fingerprint density at radius 2 is 1.71 bits per heavy atom. The van der Waals surface area contributed by atoms with Crippen molar-refractivity contribution in [2.45, 2.75) is 16.1 Å².